The molecule has 108 valence electrons. The molecule has 1 aromatic heterocycles. The standard InChI is InChI=1S/C14H18BrN3O2/c1-3-18-13(19)11-9-10(15)5-6-12(11)17-14(18)16-7-4-8-20-2/h5-6,9H,3-4,7-8H2,1-2H3,(H,16,17). The zero-order chi connectivity index (χ0) is 14.5. The first-order chi connectivity index (χ1) is 9.67. The molecule has 20 heavy (non-hydrogen) atoms. The van der Waals surface area contributed by atoms with E-state index in [0.29, 0.717) is 30.0 Å². The van der Waals surface area contributed by atoms with E-state index in [1.807, 2.05) is 25.1 Å². The minimum absolute atomic E-state index is 0.0203. The summed E-state index contributed by atoms with van der Waals surface area (Å²) in [6.45, 7) is 3.93. The van der Waals surface area contributed by atoms with Gasteiger partial charge in [-0.15, -0.1) is 0 Å². The summed E-state index contributed by atoms with van der Waals surface area (Å²) in [5, 5.41) is 3.84. The van der Waals surface area contributed by atoms with Crippen LogP contribution in [0.5, 0.6) is 0 Å². The van der Waals surface area contributed by atoms with Crippen LogP contribution < -0.4 is 10.9 Å². The first-order valence-electron chi connectivity index (χ1n) is 6.60. The summed E-state index contributed by atoms with van der Waals surface area (Å²) in [6, 6.07) is 5.55. The molecule has 0 aliphatic carbocycles. The smallest absolute Gasteiger partial charge is 0.262 e. The van der Waals surface area contributed by atoms with E-state index in [9.17, 15) is 4.79 Å². The molecule has 0 atom stereocenters. The third kappa shape index (κ3) is 3.19. The van der Waals surface area contributed by atoms with E-state index in [-0.39, 0.29) is 5.56 Å². The maximum atomic E-state index is 12.5. The molecule has 0 radical (unpaired) electrons. The van der Waals surface area contributed by atoms with Crippen LogP contribution in [0, 0.1) is 0 Å². The fourth-order valence-corrected chi connectivity index (χ4v) is 2.40. The lowest BCUT2D eigenvalue weighted by Crippen LogP contribution is -2.25. The third-order valence-corrected chi connectivity index (χ3v) is 3.53. The molecule has 1 N–H and O–H groups in total. The number of nitrogens with one attached hydrogen (secondary N) is 1. The fraction of sp³-hybridized carbons (Fsp3) is 0.429. The SMILES string of the molecule is CCn1c(NCCCOC)nc2ccc(Br)cc2c1=O. The van der Waals surface area contributed by atoms with Gasteiger partial charge in [-0.3, -0.25) is 9.36 Å². The van der Waals surface area contributed by atoms with Crippen LogP contribution in [0.25, 0.3) is 10.9 Å². The second-order valence-electron chi connectivity index (χ2n) is 4.42. The summed E-state index contributed by atoms with van der Waals surface area (Å²) in [4.78, 5) is 17.0. The summed E-state index contributed by atoms with van der Waals surface area (Å²) in [6.07, 6.45) is 0.870. The predicted octanol–water partition coefficient (Wildman–Crippen LogP) is 2.63. The first-order valence-corrected chi connectivity index (χ1v) is 7.39. The highest BCUT2D eigenvalue weighted by Crippen LogP contribution is 2.17. The van der Waals surface area contributed by atoms with Crippen molar-refractivity contribution in [1.82, 2.24) is 9.55 Å². The van der Waals surface area contributed by atoms with E-state index < -0.39 is 0 Å². The van der Waals surface area contributed by atoms with Crippen molar-refractivity contribution in [2.24, 2.45) is 0 Å². The van der Waals surface area contributed by atoms with Crippen LogP contribution in [0.2, 0.25) is 0 Å². The van der Waals surface area contributed by atoms with Gasteiger partial charge >= 0.3 is 0 Å². The summed E-state index contributed by atoms with van der Waals surface area (Å²) >= 11 is 3.39. The average Bonchev–Trinajstić information content (AvgIpc) is 2.45. The van der Waals surface area contributed by atoms with Crippen LogP contribution in [0.15, 0.2) is 27.5 Å². The van der Waals surface area contributed by atoms with Gasteiger partial charge in [0.05, 0.1) is 10.9 Å². The van der Waals surface area contributed by atoms with Crippen molar-refractivity contribution in [3.8, 4) is 0 Å². The minimum atomic E-state index is -0.0203. The molecule has 0 unspecified atom stereocenters. The van der Waals surface area contributed by atoms with Crippen molar-refractivity contribution in [1.29, 1.82) is 0 Å². The molecule has 0 amide bonds. The number of rotatable bonds is 6. The quantitative estimate of drug-likeness (QED) is 0.822. The van der Waals surface area contributed by atoms with Gasteiger partial charge in [-0.1, -0.05) is 15.9 Å². The molecular formula is C14H18BrN3O2. The van der Waals surface area contributed by atoms with Gasteiger partial charge in [-0.25, -0.2) is 4.98 Å². The van der Waals surface area contributed by atoms with Gasteiger partial charge in [0.15, 0.2) is 0 Å². The summed E-state index contributed by atoms with van der Waals surface area (Å²) in [5.74, 6) is 0.614. The molecule has 0 saturated heterocycles. The molecule has 2 rings (SSSR count). The first kappa shape index (κ1) is 15.0. The number of halogens is 1. The lowest BCUT2D eigenvalue weighted by atomic mass is 10.2. The molecule has 0 aliphatic heterocycles. The summed E-state index contributed by atoms with van der Waals surface area (Å²) in [5.41, 5.74) is 0.685. The zero-order valence-corrected chi connectivity index (χ0v) is 13.2. The number of hydrogen-bond donors (Lipinski definition) is 1. The van der Waals surface area contributed by atoms with Crippen molar-refractivity contribution in [3.63, 3.8) is 0 Å². The van der Waals surface area contributed by atoms with Gasteiger partial charge in [0.25, 0.3) is 5.56 Å². The van der Waals surface area contributed by atoms with Crippen LogP contribution in [0.1, 0.15) is 13.3 Å². The van der Waals surface area contributed by atoms with Crippen molar-refractivity contribution in [2.45, 2.75) is 19.9 Å². The average molecular weight is 340 g/mol. The monoisotopic (exact) mass is 339 g/mol. The third-order valence-electron chi connectivity index (χ3n) is 3.04. The topological polar surface area (TPSA) is 56.1 Å². The lowest BCUT2D eigenvalue weighted by molar-refractivity contribution is 0.197. The van der Waals surface area contributed by atoms with Crippen LogP contribution in [-0.2, 0) is 11.3 Å². The van der Waals surface area contributed by atoms with Crippen LogP contribution >= 0.6 is 15.9 Å². The molecule has 2 aromatic rings. The number of benzene rings is 1. The highest BCUT2D eigenvalue weighted by Gasteiger charge is 2.09. The Morgan fingerprint density at radius 3 is 2.95 bits per heavy atom. The van der Waals surface area contributed by atoms with Crippen LogP contribution in [0.3, 0.4) is 0 Å². The second kappa shape index (κ2) is 6.85. The molecule has 0 saturated carbocycles. The van der Waals surface area contributed by atoms with E-state index >= 15 is 0 Å². The zero-order valence-electron chi connectivity index (χ0n) is 11.6. The molecule has 1 aromatic carbocycles. The Labute approximate surface area is 126 Å². The Bertz CT molecular complexity index is 655. The largest absolute Gasteiger partial charge is 0.385 e. The van der Waals surface area contributed by atoms with Gasteiger partial charge in [0.1, 0.15) is 0 Å². The summed E-state index contributed by atoms with van der Waals surface area (Å²) < 4.78 is 7.55. The van der Waals surface area contributed by atoms with Gasteiger partial charge < -0.3 is 10.1 Å². The van der Waals surface area contributed by atoms with Crippen molar-refractivity contribution >= 4 is 32.8 Å². The number of ether oxygens (including phenoxy) is 1. The molecule has 0 aliphatic rings. The number of hydrogen-bond acceptors (Lipinski definition) is 4. The molecule has 0 spiro atoms. The summed E-state index contributed by atoms with van der Waals surface area (Å²) in [7, 11) is 1.67. The Morgan fingerprint density at radius 1 is 1.45 bits per heavy atom. The van der Waals surface area contributed by atoms with Crippen molar-refractivity contribution < 1.29 is 4.74 Å². The molecule has 0 fully saturated rings. The van der Waals surface area contributed by atoms with Crippen LogP contribution in [-0.4, -0.2) is 29.8 Å². The second-order valence-corrected chi connectivity index (χ2v) is 5.34. The van der Waals surface area contributed by atoms with E-state index in [4.69, 9.17) is 4.74 Å². The number of anilines is 1. The van der Waals surface area contributed by atoms with Gasteiger partial charge in [0.2, 0.25) is 5.95 Å². The molecule has 1 heterocycles. The highest BCUT2D eigenvalue weighted by molar-refractivity contribution is 9.10. The van der Waals surface area contributed by atoms with E-state index in [0.717, 1.165) is 17.4 Å². The Kier molecular flexibility index (Phi) is 5.14. The van der Waals surface area contributed by atoms with Gasteiger partial charge in [-0.05, 0) is 31.5 Å². The van der Waals surface area contributed by atoms with Crippen molar-refractivity contribution in [3.05, 3.63) is 33.0 Å². The molecule has 5 nitrogen and oxygen atoms in total. The lowest BCUT2D eigenvalue weighted by Gasteiger charge is -2.13. The maximum Gasteiger partial charge on any atom is 0.262 e. The molecule has 6 heteroatoms. The van der Waals surface area contributed by atoms with Crippen LogP contribution in [0.4, 0.5) is 5.95 Å². The molecular weight excluding hydrogens is 322 g/mol. The number of fused-ring (bicyclic) bond motifs is 1. The minimum Gasteiger partial charge on any atom is -0.385 e. The van der Waals surface area contributed by atoms with E-state index in [1.165, 1.54) is 0 Å². The van der Waals surface area contributed by atoms with Crippen molar-refractivity contribution in [2.75, 3.05) is 25.6 Å². The van der Waals surface area contributed by atoms with Gasteiger partial charge in [0, 0.05) is 31.3 Å². The Hall–Kier alpha value is -1.40. The highest BCUT2D eigenvalue weighted by atomic mass is 79.9. The Balaban J connectivity index is 2.39. The van der Waals surface area contributed by atoms with E-state index in [2.05, 4.69) is 26.2 Å². The van der Waals surface area contributed by atoms with E-state index in [1.54, 1.807) is 11.7 Å². The van der Waals surface area contributed by atoms with Gasteiger partial charge in [-0.2, -0.15) is 0 Å². The fourth-order valence-electron chi connectivity index (χ4n) is 2.04. The number of aromatic nitrogens is 2. The predicted molar refractivity (Wildman–Crippen MR) is 84.4 cm³/mol. The number of nitrogens with zero attached hydrogens (tertiary/aromatic N) is 2. The number of methoxy groups -OCH3 is 1. The maximum absolute atomic E-state index is 12.5. The Morgan fingerprint density at radius 2 is 2.25 bits per heavy atom. The normalized spacial score (nSPS) is 10.9. The molecule has 0 bridgehead atoms.